The van der Waals surface area contributed by atoms with E-state index in [9.17, 15) is 4.79 Å². The van der Waals surface area contributed by atoms with Crippen LogP contribution < -0.4 is 0 Å². The molecule has 5 N–H and O–H groups in total. The molecule has 0 spiro atoms. The summed E-state index contributed by atoms with van der Waals surface area (Å²) >= 11 is 0. The number of carboxylic acids is 5. The molecule has 0 rings (SSSR count). The number of esters is 1. The molecule has 0 saturated heterocycles. The van der Waals surface area contributed by atoms with E-state index in [1.807, 2.05) is 6.92 Å². The number of hydrogen-bond donors (Lipinski definition) is 5. The molecule has 0 fully saturated rings. The highest BCUT2D eigenvalue weighted by Gasteiger charge is 2.38. The predicted octanol–water partition coefficient (Wildman–Crippen LogP) is 11.8. The minimum absolute atomic E-state index is 0.115. The van der Waals surface area contributed by atoms with E-state index in [0.717, 1.165) is 53.9 Å². The van der Waals surface area contributed by atoms with Crippen LogP contribution in [-0.2, 0) is 33.5 Å². The first-order valence-electron chi connectivity index (χ1n) is 20.5. The van der Waals surface area contributed by atoms with Gasteiger partial charge < -0.3 is 30.3 Å². The zero-order valence-corrected chi connectivity index (χ0v) is 36.0. The molecule has 0 atom stereocenters. The Bertz CT molecular complexity index is 755. The van der Waals surface area contributed by atoms with Crippen molar-refractivity contribution in [1.29, 1.82) is 0 Å². The fraction of sp³-hybridized carbons (Fsp3) is 0.857. The van der Waals surface area contributed by atoms with Gasteiger partial charge in [-0.25, -0.2) is 0 Å². The monoisotopic (exact) mass is 781 g/mol. The first-order chi connectivity index (χ1) is 25.3. The molecule has 0 unspecified atom stereocenters. The van der Waals surface area contributed by atoms with E-state index in [-0.39, 0.29) is 11.4 Å². The second-order valence-corrected chi connectivity index (χ2v) is 13.6. The zero-order chi connectivity index (χ0) is 43.1. The van der Waals surface area contributed by atoms with Crippen molar-refractivity contribution < 1.29 is 59.0 Å². The third-order valence-corrected chi connectivity index (χ3v) is 7.74. The van der Waals surface area contributed by atoms with Crippen LogP contribution in [0.25, 0.3) is 0 Å². The molecule has 0 aliphatic heterocycles. The van der Waals surface area contributed by atoms with Gasteiger partial charge in [0.15, 0.2) is 0 Å². The number of carboxylic acid groups (broad SMARTS) is 5. The molecule has 0 heterocycles. The number of carbonyl (C=O) groups excluding carboxylic acids is 1. The molecule has 0 saturated carbocycles. The lowest BCUT2D eigenvalue weighted by molar-refractivity contribution is -0.157. The molecule has 0 amide bonds. The maximum absolute atomic E-state index is 13.2. The number of ether oxygens (including phenoxy) is 1. The van der Waals surface area contributed by atoms with Crippen molar-refractivity contribution in [2.24, 2.45) is 5.41 Å². The van der Waals surface area contributed by atoms with Crippen LogP contribution in [0, 0.1) is 5.41 Å². The summed E-state index contributed by atoms with van der Waals surface area (Å²) in [5, 5.41) is 37.1. The maximum Gasteiger partial charge on any atom is 0.312 e. The Morgan fingerprint density at radius 1 is 0.352 bits per heavy atom. The SMILES string of the molecule is CC(=O)O.CC(=O)O.CC(=O)O.CC(=O)O.CC(=O)O.CCCCCCCCCCCCCCC(CCCCCCC)(CCCCCCC)C(=O)OCC. The number of rotatable bonds is 27. The molecule has 12 heteroatoms. The summed E-state index contributed by atoms with van der Waals surface area (Å²) in [6, 6.07) is 0. The van der Waals surface area contributed by atoms with Crippen molar-refractivity contribution >= 4 is 35.8 Å². The average Bonchev–Trinajstić information content (AvgIpc) is 3.03. The van der Waals surface area contributed by atoms with Gasteiger partial charge in [-0.05, 0) is 26.2 Å². The van der Waals surface area contributed by atoms with E-state index in [4.69, 9.17) is 54.2 Å². The molecule has 0 aromatic heterocycles. The smallest absolute Gasteiger partial charge is 0.312 e. The Kier molecular flexibility index (Phi) is 60.4. The fourth-order valence-electron chi connectivity index (χ4n) is 5.40. The highest BCUT2D eigenvalue weighted by molar-refractivity contribution is 5.76. The molecular formula is C42H84O12. The van der Waals surface area contributed by atoms with Gasteiger partial charge in [-0.15, -0.1) is 0 Å². The second kappa shape index (κ2) is 51.9. The van der Waals surface area contributed by atoms with E-state index in [2.05, 4.69) is 20.8 Å². The van der Waals surface area contributed by atoms with Crippen molar-refractivity contribution in [2.45, 2.75) is 223 Å². The highest BCUT2D eigenvalue weighted by Crippen LogP contribution is 2.39. The lowest BCUT2D eigenvalue weighted by Gasteiger charge is -2.32. The van der Waals surface area contributed by atoms with Gasteiger partial charge in [-0.3, -0.25) is 28.8 Å². The van der Waals surface area contributed by atoms with Gasteiger partial charge in [-0.2, -0.15) is 0 Å². The fourth-order valence-corrected chi connectivity index (χ4v) is 5.40. The summed E-state index contributed by atoms with van der Waals surface area (Å²) in [6.45, 7) is 14.7. The van der Waals surface area contributed by atoms with Gasteiger partial charge >= 0.3 is 5.97 Å². The van der Waals surface area contributed by atoms with Crippen LogP contribution in [0.2, 0.25) is 0 Å². The lowest BCUT2D eigenvalue weighted by atomic mass is 9.74. The third kappa shape index (κ3) is 82.3. The van der Waals surface area contributed by atoms with Gasteiger partial charge in [0.1, 0.15) is 0 Å². The summed E-state index contributed by atoms with van der Waals surface area (Å²) < 4.78 is 5.68. The van der Waals surface area contributed by atoms with E-state index >= 15 is 0 Å². The van der Waals surface area contributed by atoms with Crippen LogP contribution in [0.15, 0.2) is 0 Å². The van der Waals surface area contributed by atoms with Crippen LogP contribution >= 0.6 is 0 Å². The minimum Gasteiger partial charge on any atom is -0.481 e. The van der Waals surface area contributed by atoms with Crippen molar-refractivity contribution in [3.63, 3.8) is 0 Å². The van der Waals surface area contributed by atoms with Crippen molar-refractivity contribution in [2.75, 3.05) is 6.61 Å². The number of hydrogen-bond acceptors (Lipinski definition) is 7. The largest absolute Gasteiger partial charge is 0.481 e. The minimum atomic E-state index is -0.833. The number of carbonyl (C=O) groups is 6. The molecule has 324 valence electrons. The Labute approximate surface area is 329 Å². The Balaban J connectivity index is -0.000000234. The molecule has 0 aliphatic carbocycles. The van der Waals surface area contributed by atoms with Gasteiger partial charge in [0.25, 0.3) is 29.8 Å². The molecule has 0 aromatic carbocycles. The standard InChI is InChI=1S/C32H64O2.5C2H4O2/c1-5-9-12-15-16-17-18-19-20-21-24-27-30-32(31(33)34-8-4,28-25-22-13-10-6-2)29-26-23-14-11-7-3;5*1-2(3)4/h5-30H2,1-4H3;5*1H3,(H,3,4). The summed E-state index contributed by atoms with van der Waals surface area (Å²) in [7, 11) is 0. The van der Waals surface area contributed by atoms with Crippen molar-refractivity contribution in [3.8, 4) is 0 Å². The summed E-state index contributed by atoms with van der Waals surface area (Å²) in [5.41, 5.74) is -0.215. The Morgan fingerprint density at radius 2 is 0.519 bits per heavy atom. The second-order valence-electron chi connectivity index (χ2n) is 13.6. The molecule has 54 heavy (non-hydrogen) atoms. The summed E-state index contributed by atoms with van der Waals surface area (Å²) in [4.78, 5) is 58.2. The van der Waals surface area contributed by atoms with E-state index < -0.39 is 29.8 Å². The van der Waals surface area contributed by atoms with Crippen LogP contribution in [-0.4, -0.2) is 68.0 Å². The molecule has 0 radical (unpaired) electrons. The Morgan fingerprint density at radius 3 is 0.685 bits per heavy atom. The molecule has 12 nitrogen and oxygen atoms in total. The van der Waals surface area contributed by atoms with Crippen molar-refractivity contribution in [3.05, 3.63) is 0 Å². The first kappa shape index (κ1) is 62.8. The normalized spacial score (nSPS) is 9.72. The maximum atomic E-state index is 13.2. The van der Waals surface area contributed by atoms with E-state index in [1.165, 1.54) is 141 Å². The van der Waals surface area contributed by atoms with Gasteiger partial charge in [-0.1, -0.05) is 162 Å². The average molecular weight is 781 g/mol. The van der Waals surface area contributed by atoms with Gasteiger partial charge in [0.2, 0.25) is 0 Å². The van der Waals surface area contributed by atoms with Crippen LogP contribution in [0.3, 0.4) is 0 Å². The number of unbranched alkanes of at least 4 members (excludes halogenated alkanes) is 19. The predicted molar refractivity (Wildman–Crippen MR) is 218 cm³/mol. The van der Waals surface area contributed by atoms with Crippen LogP contribution in [0.1, 0.15) is 223 Å². The molecule has 0 bridgehead atoms. The van der Waals surface area contributed by atoms with Crippen LogP contribution in [0.5, 0.6) is 0 Å². The highest BCUT2D eigenvalue weighted by atomic mass is 16.5. The number of aliphatic carboxylic acids is 5. The zero-order valence-electron chi connectivity index (χ0n) is 36.0. The van der Waals surface area contributed by atoms with E-state index in [1.54, 1.807) is 0 Å². The summed E-state index contributed by atoms with van der Waals surface area (Å²) in [6.07, 6.45) is 32.3. The van der Waals surface area contributed by atoms with Crippen molar-refractivity contribution in [1.82, 2.24) is 0 Å². The first-order valence-corrected chi connectivity index (χ1v) is 20.5. The molecule has 0 aromatic rings. The Hall–Kier alpha value is -3.18. The van der Waals surface area contributed by atoms with E-state index in [0.29, 0.717) is 6.61 Å². The molecule has 0 aliphatic rings. The topological polar surface area (TPSA) is 213 Å². The third-order valence-electron chi connectivity index (χ3n) is 7.74. The molecular weight excluding hydrogens is 696 g/mol. The van der Waals surface area contributed by atoms with Gasteiger partial charge in [0.05, 0.1) is 12.0 Å². The lowest BCUT2D eigenvalue weighted by Crippen LogP contribution is -2.33. The quantitative estimate of drug-likeness (QED) is 0.0389. The summed E-state index contributed by atoms with van der Waals surface area (Å²) in [5.74, 6) is -4.05. The van der Waals surface area contributed by atoms with Gasteiger partial charge in [0, 0.05) is 34.6 Å². The van der Waals surface area contributed by atoms with Crippen LogP contribution in [0.4, 0.5) is 0 Å².